The lowest BCUT2D eigenvalue weighted by Crippen LogP contribution is -2.38. The third-order valence-electron chi connectivity index (χ3n) is 5.63. The lowest BCUT2D eigenvalue weighted by atomic mass is 9.81. The molecule has 3 heterocycles. The molecule has 2 amide bonds. The van der Waals surface area contributed by atoms with E-state index >= 15 is 0 Å². The van der Waals surface area contributed by atoms with Gasteiger partial charge in [0.15, 0.2) is 11.5 Å². The van der Waals surface area contributed by atoms with Gasteiger partial charge in [-0.25, -0.2) is 14.5 Å². The summed E-state index contributed by atoms with van der Waals surface area (Å²) in [5.74, 6) is 0.185. The van der Waals surface area contributed by atoms with Gasteiger partial charge in [0.25, 0.3) is 0 Å². The Labute approximate surface area is 200 Å². The molecule has 0 unspecified atom stereocenters. The number of halogens is 1. The molecule has 0 aromatic carbocycles. The van der Waals surface area contributed by atoms with Crippen molar-refractivity contribution in [3.63, 3.8) is 0 Å². The van der Waals surface area contributed by atoms with E-state index in [1.807, 2.05) is 0 Å². The third kappa shape index (κ3) is 5.15. The maximum Gasteiger partial charge on any atom is 0.413 e. The van der Waals surface area contributed by atoms with Crippen LogP contribution in [0.3, 0.4) is 0 Å². The first-order valence-electron chi connectivity index (χ1n) is 10.6. The fraction of sp³-hybridized carbons (Fsp3) is 0.364. The largest absolute Gasteiger partial charge is 0.441 e. The molecular weight excluding hydrogens is 462 g/mol. The minimum Gasteiger partial charge on any atom is -0.441 e. The first-order chi connectivity index (χ1) is 16.4. The van der Waals surface area contributed by atoms with E-state index in [9.17, 15) is 9.59 Å². The van der Waals surface area contributed by atoms with E-state index in [2.05, 4.69) is 30.9 Å². The van der Waals surface area contributed by atoms with Crippen molar-refractivity contribution in [1.29, 1.82) is 0 Å². The van der Waals surface area contributed by atoms with Crippen LogP contribution in [0.15, 0.2) is 36.7 Å². The Morgan fingerprint density at radius 1 is 1.21 bits per heavy atom. The van der Waals surface area contributed by atoms with Crippen LogP contribution < -0.4 is 10.6 Å². The Kier molecular flexibility index (Phi) is 7.03. The van der Waals surface area contributed by atoms with Crippen molar-refractivity contribution in [1.82, 2.24) is 25.0 Å². The van der Waals surface area contributed by atoms with Crippen molar-refractivity contribution in [2.24, 2.45) is 13.0 Å². The van der Waals surface area contributed by atoms with E-state index in [0.29, 0.717) is 41.3 Å². The van der Waals surface area contributed by atoms with Crippen LogP contribution in [0.2, 0.25) is 5.15 Å². The maximum absolute atomic E-state index is 12.5. The van der Waals surface area contributed by atoms with E-state index in [1.54, 1.807) is 51.5 Å². The van der Waals surface area contributed by atoms with Crippen LogP contribution in [0.25, 0.3) is 11.4 Å². The Morgan fingerprint density at radius 2 is 2.00 bits per heavy atom. The molecule has 0 saturated heterocycles. The predicted molar refractivity (Wildman–Crippen MR) is 124 cm³/mol. The molecule has 178 valence electrons. The highest BCUT2D eigenvalue weighted by Crippen LogP contribution is 2.31. The normalized spacial score (nSPS) is 18.0. The molecule has 2 N–H and O–H groups in total. The molecule has 1 atom stereocenters. The topological polar surface area (TPSA) is 133 Å². The van der Waals surface area contributed by atoms with Gasteiger partial charge in [-0.15, -0.1) is 5.10 Å². The number of hydrogen-bond acceptors (Lipinski definition) is 8. The molecule has 3 aromatic rings. The summed E-state index contributed by atoms with van der Waals surface area (Å²) in [6.07, 6.45) is 3.33. The average molecular weight is 486 g/mol. The van der Waals surface area contributed by atoms with Crippen LogP contribution in [0, 0.1) is 5.92 Å². The molecule has 0 aliphatic heterocycles. The second-order valence-corrected chi connectivity index (χ2v) is 8.27. The van der Waals surface area contributed by atoms with Crippen LogP contribution in [-0.4, -0.2) is 50.2 Å². The minimum atomic E-state index is -0.710. The molecule has 11 nitrogen and oxygen atoms in total. The third-order valence-corrected chi connectivity index (χ3v) is 5.95. The van der Waals surface area contributed by atoms with Crippen LogP contribution in [0.4, 0.5) is 16.3 Å². The summed E-state index contributed by atoms with van der Waals surface area (Å²) in [5, 5.41) is 13.8. The number of pyridine rings is 2. The Morgan fingerprint density at radius 3 is 2.68 bits per heavy atom. The molecule has 4 rings (SSSR count). The first-order valence-corrected chi connectivity index (χ1v) is 11.0. The van der Waals surface area contributed by atoms with Crippen LogP contribution in [0.5, 0.6) is 0 Å². The summed E-state index contributed by atoms with van der Waals surface area (Å²) in [5.41, 5.74) is 1.97. The first kappa shape index (κ1) is 23.6. The molecule has 0 spiro atoms. The van der Waals surface area contributed by atoms with Gasteiger partial charge in [0.1, 0.15) is 11.3 Å². The van der Waals surface area contributed by atoms with E-state index in [0.717, 1.165) is 0 Å². The summed E-state index contributed by atoms with van der Waals surface area (Å²) < 4.78 is 12.1. The lowest BCUT2D eigenvalue weighted by molar-refractivity contribution is -0.127. The summed E-state index contributed by atoms with van der Waals surface area (Å²) in [4.78, 5) is 33.2. The number of nitrogens with one attached hydrogen (secondary N) is 2. The highest BCUT2D eigenvalue weighted by Gasteiger charge is 2.34. The van der Waals surface area contributed by atoms with Gasteiger partial charge in [0, 0.05) is 31.8 Å². The van der Waals surface area contributed by atoms with Gasteiger partial charge in [0.2, 0.25) is 5.91 Å². The van der Waals surface area contributed by atoms with E-state index < -0.39 is 12.2 Å². The standard InChI is InChI=1S/C22H24ClN7O4/c1-12(16-5-4-8-24-19(16)23)34-22(32)27-20-18(28-29-30(20)2)17-7-6-14(11-25-17)26-21(31)13-9-15(10-13)33-3/h4-8,11-13,15H,9-10H2,1-3H3,(H,26,31)(H,27,32)/t12-,13-,15-/m1/s1. The lowest BCUT2D eigenvalue weighted by Gasteiger charge is -2.32. The number of aromatic nitrogens is 5. The second-order valence-electron chi connectivity index (χ2n) is 7.91. The number of amides is 2. The molecule has 1 saturated carbocycles. The molecule has 3 aromatic heterocycles. The van der Waals surface area contributed by atoms with Crippen LogP contribution in [0.1, 0.15) is 31.4 Å². The molecule has 34 heavy (non-hydrogen) atoms. The number of rotatable bonds is 7. The maximum atomic E-state index is 12.5. The van der Waals surface area contributed by atoms with Crippen molar-refractivity contribution < 1.29 is 19.1 Å². The number of nitrogens with zero attached hydrogens (tertiary/aromatic N) is 5. The smallest absolute Gasteiger partial charge is 0.413 e. The van der Waals surface area contributed by atoms with Gasteiger partial charge < -0.3 is 14.8 Å². The average Bonchev–Trinajstić information content (AvgIpc) is 3.13. The SMILES string of the molecule is CO[C@H]1C[C@H](C(=O)Nc2ccc(-c3nnn(C)c3NC(=O)O[C@H](C)c3cccnc3Cl)nc2)C1. The Bertz CT molecular complexity index is 1180. The molecule has 1 aliphatic carbocycles. The van der Waals surface area contributed by atoms with Gasteiger partial charge >= 0.3 is 6.09 Å². The second kappa shape index (κ2) is 10.1. The van der Waals surface area contributed by atoms with E-state index in [1.165, 1.54) is 10.9 Å². The number of ether oxygens (including phenoxy) is 2. The quantitative estimate of drug-likeness (QED) is 0.485. The summed E-state index contributed by atoms with van der Waals surface area (Å²) in [6, 6.07) is 6.85. The zero-order valence-corrected chi connectivity index (χ0v) is 19.6. The van der Waals surface area contributed by atoms with Gasteiger partial charge in [-0.1, -0.05) is 22.9 Å². The fourth-order valence-electron chi connectivity index (χ4n) is 3.55. The highest BCUT2D eigenvalue weighted by atomic mass is 35.5. The Balaban J connectivity index is 1.40. The van der Waals surface area contributed by atoms with Crippen LogP contribution >= 0.6 is 11.6 Å². The zero-order valence-electron chi connectivity index (χ0n) is 18.9. The number of methoxy groups -OCH3 is 1. The van der Waals surface area contributed by atoms with Gasteiger partial charge in [-0.2, -0.15) is 0 Å². The predicted octanol–water partition coefficient (Wildman–Crippen LogP) is 3.60. The number of carbonyl (C=O) groups is 2. The van der Waals surface area contributed by atoms with Crippen molar-refractivity contribution >= 4 is 35.1 Å². The highest BCUT2D eigenvalue weighted by molar-refractivity contribution is 6.30. The summed E-state index contributed by atoms with van der Waals surface area (Å²) in [7, 11) is 3.28. The number of carbonyl (C=O) groups excluding carboxylic acids is 2. The molecule has 1 aliphatic rings. The van der Waals surface area contributed by atoms with Crippen molar-refractivity contribution in [2.45, 2.75) is 32.0 Å². The summed E-state index contributed by atoms with van der Waals surface area (Å²) >= 11 is 6.07. The number of aryl methyl sites for hydroxylation is 1. The van der Waals surface area contributed by atoms with Gasteiger partial charge in [0.05, 0.1) is 23.7 Å². The molecule has 12 heteroatoms. The number of anilines is 2. The van der Waals surface area contributed by atoms with Crippen molar-refractivity contribution in [3.8, 4) is 11.4 Å². The zero-order chi connectivity index (χ0) is 24.2. The van der Waals surface area contributed by atoms with E-state index in [-0.39, 0.29) is 23.1 Å². The van der Waals surface area contributed by atoms with Gasteiger partial charge in [-0.3, -0.25) is 15.1 Å². The van der Waals surface area contributed by atoms with Gasteiger partial charge in [-0.05, 0) is 38.0 Å². The monoisotopic (exact) mass is 485 g/mol. The van der Waals surface area contributed by atoms with Crippen molar-refractivity contribution in [3.05, 3.63) is 47.4 Å². The Hall–Kier alpha value is -3.57. The van der Waals surface area contributed by atoms with E-state index in [4.69, 9.17) is 21.1 Å². The molecule has 0 radical (unpaired) electrons. The van der Waals surface area contributed by atoms with Crippen LogP contribution in [-0.2, 0) is 21.3 Å². The molecular formula is C22H24ClN7O4. The fourth-order valence-corrected chi connectivity index (χ4v) is 3.82. The molecule has 0 bridgehead atoms. The summed E-state index contributed by atoms with van der Waals surface area (Å²) in [6.45, 7) is 1.69. The number of hydrogen-bond donors (Lipinski definition) is 2. The minimum absolute atomic E-state index is 0.0598. The van der Waals surface area contributed by atoms with Crippen molar-refractivity contribution in [2.75, 3.05) is 17.7 Å². The molecule has 1 fully saturated rings.